The summed E-state index contributed by atoms with van der Waals surface area (Å²) in [6, 6.07) is 8.45. The lowest BCUT2D eigenvalue weighted by Crippen LogP contribution is -2.06. The quantitative estimate of drug-likeness (QED) is 0.430. The van der Waals surface area contributed by atoms with Crippen molar-refractivity contribution in [2.75, 3.05) is 0 Å². The second-order valence-electron chi connectivity index (χ2n) is 6.65. The molecule has 1 aromatic rings. The summed E-state index contributed by atoms with van der Waals surface area (Å²) < 4.78 is 5.75. The van der Waals surface area contributed by atoms with Crippen LogP contribution in [0.5, 0.6) is 11.5 Å². The van der Waals surface area contributed by atoms with Gasteiger partial charge in [0.05, 0.1) is 0 Å². The molecule has 0 aromatic heterocycles. The van der Waals surface area contributed by atoms with Crippen molar-refractivity contribution in [3.05, 3.63) is 46.1 Å². The Balaban J connectivity index is 0.000000948. The van der Waals surface area contributed by atoms with Gasteiger partial charge in [0, 0.05) is 10.9 Å². The van der Waals surface area contributed by atoms with Crippen LogP contribution in [0.2, 0.25) is 0 Å². The molecular weight excluding hydrogens is 328 g/mol. The molecular formula is C22H26O4. The maximum Gasteiger partial charge on any atom is 0.224 e. The third kappa shape index (κ3) is 3.16. The first-order chi connectivity index (χ1) is 12.7. The predicted molar refractivity (Wildman–Crippen MR) is 104 cm³/mol. The fourth-order valence-corrected chi connectivity index (χ4v) is 3.97. The lowest BCUT2D eigenvalue weighted by molar-refractivity contribution is 0.439. The van der Waals surface area contributed by atoms with Crippen LogP contribution in [0.3, 0.4) is 0 Å². The van der Waals surface area contributed by atoms with Gasteiger partial charge >= 0.3 is 0 Å². The van der Waals surface area contributed by atoms with E-state index in [1.807, 2.05) is 19.9 Å². The van der Waals surface area contributed by atoms with Crippen LogP contribution in [-0.4, -0.2) is 10.2 Å². The van der Waals surface area contributed by atoms with Crippen molar-refractivity contribution in [1.29, 1.82) is 0 Å². The maximum absolute atomic E-state index is 11.8. The highest BCUT2D eigenvalue weighted by molar-refractivity contribution is 5.92. The van der Waals surface area contributed by atoms with Crippen molar-refractivity contribution in [3.8, 4) is 22.8 Å². The molecule has 3 aliphatic rings. The normalized spacial score (nSPS) is 15.5. The van der Waals surface area contributed by atoms with Gasteiger partial charge in [-0.25, -0.2) is 0 Å². The van der Waals surface area contributed by atoms with E-state index in [-0.39, 0.29) is 17.3 Å². The van der Waals surface area contributed by atoms with Crippen LogP contribution in [0.25, 0.3) is 22.3 Å². The molecule has 26 heavy (non-hydrogen) atoms. The summed E-state index contributed by atoms with van der Waals surface area (Å²) in [6.07, 6.45) is 6.97. The minimum Gasteiger partial charge on any atom is -0.504 e. The molecule has 0 spiro atoms. The van der Waals surface area contributed by atoms with Crippen LogP contribution < -0.4 is 5.43 Å². The molecule has 0 amide bonds. The summed E-state index contributed by atoms with van der Waals surface area (Å²) in [4.78, 5) is 11.8. The van der Waals surface area contributed by atoms with Gasteiger partial charge in [0.2, 0.25) is 11.2 Å². The summed E-state index contributed by atoms with van der Waals surface area (Å²) >= 11 is 0. The van der Waals surface area contributed by atoms with E-state index in [2.05, 4.69) is 0 Å². The SMILES string of the molecule is CC.O=c1ccc2c(C3CCCCCC3)c3cccc(O)c3oc-2c1O. The summed E-state index contributed by atoms with van der Waals surface area (Å²) in [5.41, 5.74) is 1.73. The molecule has 0 unspecified atom stereocenters. The van der Waals surface area contributed by atoms with Gasteiger partial charge in [0.25, 0.3) is 0 Å². The highest BCUT2D eigenvalue weighted by Gasteiger charge is 2.26. The predicted octanol–water partition coefficient (Wildman–Crippen LogP) is 5.77. The van der Waals surface area contributed by atoms with E-state index >= 15 is 0 Å². The second kappa shape index (κ2) is 7.81. The Bertz CT molecular complexity index is 917. The van der Waals surface area contributed by atoms with E-state index in [0.717, 1.165) is 29.4 Å². The van der Waals surface area contributed by atoms with Crippen LogP contribution in [0, 0.1) is 0 Å². The van der Waals surface area contributed by atoms with Gasteiger partial charge in [0.1, 0.15) is 0 Å². The first-order valence-corrected chi connectivity index (χ1v) is 9.57. The fourth-order valence-electron chi connectivity index (χ4n) is 3.97. The average molecular weight is 354 g/mol. The van der Waals surface area contributed by atoms with Crippen molar-refractivity contribution >= 4 is 11.0 Å². The average Bonchev–Trinajstić information content (AvgIpc) is 2.95. The molecule has 4 nitrogen and oxygen atoms in total. The van der Waals surface area contributed by atoms with E-state index in [4.69, 9.17) is 4.42 Å². The van der Waals surface area contributed by atoms with Gasteiger partial charge in [-0.15, -0.1) is 0 Å². The van der Waals surface area contributed by atoms with Crippen LogP contribution in [-0.2, 0) is 0 Å². The zero-order valence-corrected chi connectivity index (χ0v) is 15.4. The first-order valence-electron chi connectivity index (χ1n) is 9.57. The molecule has 138 valence electrons. The van der Waals surface area contributed by atoms with Crippen molar-refractivity contribution in [2.45, 2.75) is 58.3 Å². The Morgan fingerprint density at radius 3 is 2.35 bits per heavy atom. The summed E-state index contributed by atoms with van der Waals surface area (Å²) in [5, 5.41) is 21.3. The molecule has 1 saturated carbocycles. The molecule has 1 fully saturated rings. The minimum atomic E-state index is -0.465. The molecule has 0 bridgehead atoms. The number of phenolic OH excluding ortho intramolecular Hbond substituents is 2. The highest BCUT2D eigenvalue weighted by atomic mass is 16.4. The highest BCUT2D eigenvalue weighted by Crippen LogP contribution is 2.46. The Hall–Kier alpha value is -2.49. The molecule has 0 atom stereocenters. The van der Waals surface area contributed by atoms with Gasteiger partial charge in [-0.05, 0) is 42.5 Å². The van der Waals surface area contributed by atoms with Gasteiger partial charge in [-0.2, -0.15) is 0 Å². The zero-order chi connectivity index (χ0) is 18.7. The Morgan fingerprint density at radius 2 is 1.65 bits per heavy atom. The number of para-hydroxylation sites is 1. The van der Waals surface area contributed by atoms with Crippen LogP contribution >= 0.6 is 0 Å². The van der Waals surface area contributed by atoms with E-state index in [0.29, 0.717) is 11.5 Å². The molecule has 1 heterocycles. The summed E-state index contributed by atoms with van der Waals surface area (Å²) in [7, 11) is 0. The first kappa shape index (κ1) is 18.3. The van der Waals surface area contributed by atoms with Crippen molar-refractivity contribution in [3.63, 3.8) is 0 Å². The summed E-state index contributed by atoms with van der Waals surface area (Å²) in [5.74, 6) is 0.163. The third-order valence-corrected chi connectivity index (χ3v) is 5.14. The lowest BCUT2D eigenvalue weighted by atomic mass is 9.84. The number of rotatable bonds is 1. The molecule has 0 saturated heterocycles. The number of hydrogen-bond acceptors (Lipinski definition) is 4. The molecule has 0 radical (unpaired) electrons. The number of hydrogen-bond donors (Lipinski definition) is 2. The van der Waals surface area contributed by atoms with Gasteiger partial charge in [0.15, 0.2) is 17.1 Å². The lowest BCUT2D eigenvalue weighted by Gasteiger charge is -2.22. The van der Waals surface area contributed by atoms with Gasteiger partial charge in [-0.1, -0.05) is 51.7 Å². The monoisotopic (exact) mass is 354 g/mol. The van der Waals surface area contributed by atoms with Crippen LogP contribution in [0.15, 0.2) is 39.5 Å². The number of phenols is 2. The van der Waals surface area contributed by atoms with Crippen molar-refractivity contribution in [1.82, 2.24) is 0 Å². The third-order valence-electron chi connectivity index (χ3n) is 5.14. The van der Waals surface area contributed by atoms with E-state index in [9.17, 15) is 15.0 Å². The maximum atomic E-state index is 11.8. The molecule has 2 aliphatic carbocycles. The van der Waals surface area contributed by atoms with Gasteiger partial charge < -0.3 is 14.6 Å². The van der Waals surface area contributed by atoms with Crippen molar-refractivity contribution < 1.29 is 14.6 Å². The minimum absolute atomic E-state index is 0.0278. The second-order valence-corrected chi connectivity index (χ2v) is 6.65. The van der Waals surface area contributed by atoms with Crippen LogP contribution in [0.4, 0.5) is 0 Å². The molecule has 2 N–H and O–H groups in total. The Morgan fingerprint density at radius 1 is 0.962 bits per heavy atom. The molecule has 4 rings (SSSR count). The van der Waals surface area contributed by atoms with E-state index < -0.39 is 5.43 Å². The van der Waals surface area contributed by atoms with E-state index in [1.54, 1.807) is 18.2 Å². The Kier molecular flexibility index (Phi) is 5.50. The van der Waals surface area contributed by atoms with Crippen molar-refractivity contribution in [2.24, 2.45) is 0 Å². The standard InChI is InChI=1S/C20H20O4.C2H6/c21-15-11-10-14-17(12-6-3-1-2-4-7-12)13-8-5-9-16(22)19(13)24-20(14)18(15)23;1-2/h5,8-12,22-23H,1-4,6-7H2;1-2H3. The number of aromatic hydroxyl groups is 2. The largest absolute Gasteiger partial charge is 0.504 e. The Labute approximate surface area is 153 Å². The van der Waals surface area contributed by atoms with Gasteiger partial charge in [-0.3, -0.25) is 4.79 Å². The number of fused-ring (bicyclic) bond motifs is 2. The zero-order valence-electron chi connectivity index (χ0n) is 15.4. The van der Waals surface area contributed by atoms with Crippen LogP contribution in [0.1, 0.15) is 63.9 Å². The topological polar surface area (TPSA) is 70.7 Å². The van der Waals surface area contributed by atoms with E-state index in [1.165, 1.54) is 31.7 Å². The molecule has 4 heteroatoms. The smallest absolute Gasteiger partial charge is 0.224 e. The fraction of sp³-hybridized carbons (Fsp3) is 0.409. The summed E-state index contributed by atoms with van der Waals surface area (Å²) in [6.45, 7) is 4.00. The number of benzene rings is 2. The molecule has 1 aromatic carbocycles. The molecule has 1 aliphatic heterocycles.